The van der Waals surface area contributed by atoms with E-state index in [4.69, 9.17) is 14.3 Å². The van der Waals surface area contributed by atoms with E-state index in [9.17, 15) is 14.7 Å². The average Bonchev–Trinajstić information content (AvgIpc) is 2.67. The third-order valence-electron chi connectivity index (χ3n) is 4.40. The van der Waals surface area contributed by atoms with Crippen molar-refractivity contribution in [1.82, 2.24) is 5.32 Å². The number of phenolic OH excluding ortho intramolecular Hbond substituents is 1. The maximum Gasteiger partial charge on any atom is 0.307 e. The zero-order chi connectivity index (χ0) is 20.3. The highest BCUT2D eigenvalue weighted by atomic mass is 16.5. The standard InChI is InChI=1S/C21H21NO6/c1-12(21(25)26)10-22-11-16-17(23)9-8-15-18(24)19(13(2)27-20(15)16)28-14-6-4-3-5-7-14/h3-9,12,22-23H,10-11H2,1-2H3,(H,25,26). The first-order valence-corrected chi connectivity index (χ1v) is 8.83. The summed E-state index contributed by atoms with van der Waals surface area (Å²) in [6.45, 7) is 3.56. The summed E-state index contributed by atoms with van der Waals surface area (Å²) in [7, 11) is 0. The molecule has 1 aromatic heterocycles. The average molecular weight is 383 g/mol. The molecule has 7 nitrogen and oxygen atoms in total. The Morgan fingerprint density at radius 3 is 2.61 bits per heavy atom. The minimum Gasteiger partial charge on any atom is -0.507 e. The fourth-order valence-corrected chi connectivity index (χ4v) is 2.79. The van der Waals surface area contributed by atoms with Gasteiger partial charge in [0.15, 0.2) is 0 Å². The van der Waals surface area contributed by atoms with Gasteiger partial charge in [-0.15, -0.1) is 0 Å². The summed E-state index contributed by atoms with van der Waals surface area (Å²) in [4.78, 5) is 23.9. The van der Waals surface area contributed by atoms with Crippen LogP contribution in [0.5, 0.6) is 17.2 Å². The molecule has 0 aliphatic carbocycles. The highest BCUT2D eigenvalue weighted by Gasteiger charge is 2.19. The third-order valence-corrected chi connectivity index (χ3v) is 4.40. The fraction of sp³-hybridized carbons (Fsp3) is 0.238. The molecule has 0 saturated heterocycles. The summed E-state index contributed by atoms with van der Waals surface area (Å²) in [6.07, 6.45) is 0. The quantitative estimate of drug-likeness (QED) is 0.574. The number of aryl methyl sites for hydroxylation is 1. The summed E-state index contributed by atoms with van der Waals surface area (Å²) in [6, 6.07) is 11.8. The lowest BCUT2D eigenvalue weighted by Gasteiger charge is -2.13. The number of fused-ring (bicyclic) bond motifs is 1. The van der Waals surface area contributed by atoms with E-state index in [1.54, 1.807) is 38.1 Å². The second-order valence-corrected chi connectivity index (χ2v) is 6.54. The van der Waals surface area contributed by atoms with Crippen LogP contribution in [0.2, 0.25) is 0 Å². The minimum absolute atomic E-state index is 0.0396. The van der Waals surface area contributed by atoms with Gasteiger partial charge in [-0.1, -0.05) is 25.1 Å². The van der Waals surface area contributed by atoms with Crippen molar-refractivity contribution in [3.8, 4) is 17.2 Å². The van der Waals surface area contributed by atoms with Crippen LogP contribution in [-0.2, 0) is 11.3 Å². The highest BCUT2D eigenvalue weighted by molar-refractivity contribution is 5.83. The lowest BCUT2D eigenvalue weighted by molar-refractivity contribution is -0.140. The van der Waals surface area contributed by atoms with Gasteiger partial charge in [0.1, 0.15) is 22.8 Å². The number of aromatic hydroxyl groups is 1. The van der Waals surface area contributed by atoms with Crippen molar-refractivity contribution in [2.75, 3.05) is 6.54 Å². The number of phenols is 1. The molecule has 2 aromatic carbocycles. The number of carboxylic acids is 1. The molecule has 7 heteroatoms. The molecule has 0 amide bonds. The van der Waals surface area contributed by atoms with Crippen LogP contribution in [-0.4, -0.2) is 22.7 Å². The Morgan fingerprint density at radius 2 is 1.93 bits per heavy atom. The molecule has 0 saturated carbocycles. The first kappa shape index (κ1) is 19.4. The Balaban J connectivity index is 1.97. The Morgan fingerprint density at radius 1 is 1.21 bits per heavy atom. The van der Waals surface area contributed by atoms with Crippen LogP contribution >= 0.6 is 0 Å². The van der Waals surface area contributed by atoms with Crippen molar-refractivity contribution < 1.29 is 24.2 Å². The Labute approximate surface area is 161 Å². The Kier molecular flexibility index (Phi) is 5.65. The molecule has 1 unspecified atom stereocenters. The second kappa shape index (κ2) is 8.14. The Bertz CT molecular complexity index is 1060. The Hall–Kier alpha value is -3.32. The molecule has 3 rings (SSSR count). The summed E-state index contributed by atoms with van der Waals surface area (Å²) in [5.74, 6) is -0.658. The van der Waals surface area contributed by atoms with Gasteiger partial charge in [0.25, 0.3) is 0 Å². The lowest BCUT2D eigenvalue weighted by atomic mass is 10.1. The summed E-state index contributed by atoms with van der Waals surface area (Å²) >= 11 is 0. The van der Waals surface area contributed by atoms with Gasteiger partial charge in [-0.3, -0.25) is 9.59 Å². The van der Waals surface area contributed by atoms with E-state index in [1.165, 1.54) is 12.1 Å². The SMILES string of the molecule is Cc1oc2c(CNCC(C)C(=O)O)c(O)ccc2c(=O)c1Oc1ccccc1. The maximum atomic E-state index is 12.9. The number of hydrogen-bond acceptors (Lipinski definition) is 6. The number of para-hydroxylation sites is 1. The number of aliphatic carboxylic acids is 1. The van der Waals surface area contributed by atoms with Crippen LogP contribution in [0.4, 0.5) is 0 Å². The summed E-state index contributed by atoms with van der Waals surface area (Å²) < 4.78 is 11.5. The van der Waals surface area contributed by atoms with Crippen LogP contribution in [0.1, 0.15) is 18.2 Å². The van der Waals surface area contributed by atoms with E-state index in [0.717, 1.165) is 0 Å². The number of carbonyl (C=O) groups is 1. The molecule has 0 fully saturated rings. The molecular weight excluding hydrogens is 362 g/mol. The number of hydrogen-bond donors (Lipinski definition) is 3. The number of benzene rings is 2. The number of carboxylic acid groups (broad SMARTS) is 1. The van der Waals surface area contributed by atoms with Crippen molar-refractivity contribution in [3.63, 3.8) is 0 Å². The molecule has 1 atom stereocenters. The predicted octanol–water partition coefficient (Wildman–Crippen LogP) is 3.41. The zero-order valence-corrected chi connectivity index (χ0v) is 15.6. The lowest BCUT2D eigenvalue weighted by Crippen LogP contribution is -2.26. The topological polar surface area (TPSA) is 109 Å². The van der Waals surface area contributed by atoms with Gasteiger partial charge in [0.2, 0.25) is 11.2 Å². The maximum absolute atomic E-state index is 12.9. The zero-order valence-electron chi connectivity index (χ0n) is 15.6. The molecule has 0 aliphatic rings. The highest BCUT2D eigenvalue weighted by Crippen LogP contribution is 2.30. The van der Waals surface area contributed by atoms with Gasteiger partial charge >= 0.3 is 5.97 Å². The molecule has 1 heterocycles. The van der Waals surface area contributed by atoms with Gasteiger partial charge in [-0.05, 0) is 31.2 Å². The van der Waals surface area contributed by atoms with Crippen LogP contribution < -0.4 is 15.5 Å². The number of ether oxygens (including phenoxy) is 1. The van der Waals surface area contributed by atoms with Gasteiger partial charge in [-0.25, -0.2) is 0 Å². The summed E-state index contributed by atoms with van der Waals surface area (Å²) in [5.41, 5.74) is 0.294. The third kappa shape index (κ3) is 3.99. The number of rotatable bonds is 7. The second-order valence-electron chi connectivity index (χ2n) is 6.54. The molecule has 0 aliphatic heterocycles. The van der Waals surface area contributed by atoms with Crippen LogP contribution in [0.3, 0.4) is 0 Å². The van der Waals surface area contributed by atoms with E-state index < -0.39 is 11.9 Å². The van der Waals surface area contributed by atoms with Crippen molar-refractivity contribution in [2.45, 2.75) is 20.4 Å². The van der Waals surface area contributed by atoms with Crippen molar-refractivity contribution in [3.05, 3.63) is 64.0 Å². The van der Waals surface area contributed by atoms with E-state index in [0.29, 0.717) is 11.3 Å². The van der Waals surface area contributed by atoms with E-state index in [1.807, 2.05) is 6.07 Å². The van der Waals surface area contributed by atoms with E-state index in [-0.39, 0.29) is 46.7 Å². The number of nitrogens with one attached hydrogen (secondary N) is 1. The fourth-order valence-electron chi connectivity index (χ4n) is 2.79. The molecule has 146 valence electrons. The van der Waals surface area contributed by atoms with E-state index in [2.05, 4.69) is 5.32 Å². The van der Waals surface area contributed by atoms with Gasteiger partial charge in [0.05, 0.1) is 16.9 Å². The van der Waals surface area contributed by atoms with Crippen molar-refractivity contribution >= 4 is 16.9 Å². The van der Waals surface area contributed by atoms with Gasteiger partial charge in [0, 0.05) is 13.1 Å². The largest absolute Gasteiger partial charge is 0.507 e. The summed E-state index contributed by atoms with van der Waals surface area (Å²) in [5, 5.41) is 22.4. The van der Waals surface area contributed by atoms with Crippen LogP contribution in [0.25, 0.3) is 11.0 Å². The van der Waals surface area contributed by atoms with Gasteiger partial charge in [-0.2, -0.15) is 0 Å². The first-order chi connectivity index (χ1) is 13.4. The van der Waals surface area contributed by atoms with Crippen LogP contribution in [0.15, 0.2) is 51.7 Å². The normalized spacial score (nSPS) is 12.1. The molecule has 3 aromatic rings. The van der Waals surface area contributed by atoms with Crippen LogP contribution in [0, 0.1) is 12.8 Å². The molecule has 28 heavy (non-hydrogen) atoms. The minimum atomic E-state index is -0.917. The molecular formula is C21H21NO6. The smallest absolute Gasteiger partial charge is 0.307 e. The van der Waals surface area contributed by atoms with Crippen molar-refractivity contribution in [1.29, 1.82) is 0 Å². The predicted molar refractivity (Wildman–Crippen MR) is 104 cm³/mol. The molecule has 0 bridgehead atoms. The van der Waals surface area contributed by atoms with E-state index >= 15 is 0 Å². The van der Waals surface area contributed by atoms with Gasteiger partial charge < -0.3 is 24.7 Å². The molecule has 3 N–H and O–H groups in total. The molecule has 0 radical (unpaired) electrons. The monoisotopic (exact) mass is 383 g/mol. The molecule has 0 spiro atoms. The van der Waals surface area contributed by atoms with Crippen molar-refractivity contribution in [2.24, 2.45) is 5.92 Å². The first-order valence-electron chi connectivity index (χ1n) is 8.83.